The zero-order valence-corrected chi connectivity index (χ0v) is 17.5. The van der Waals surface area contributed by atoms with Gasteiger partial charge in [-0.3, -0.25) is 14.5 Å². The molecule has 0 radical (unpaired) electrons. The minimum Gasteiger partial charge on any atom is -0.366 e. The fourth-order valence-electron chi connectivity index (χ4n) is 3.38. The SMILES string of the molecule is CC(=O)N1/C(=C/CCS)[C@H](C)/C(=N\c2nccc(C)n2)c2cc(C(N)=O)ccc21. The summed E-state index contributed by atoms with van der Waals surface area (Å²) in [6.45, 7) is 5.35. The number of carbonyl (C=O) groups is 2. The van der Waals surface area contributed by atoms with E-state index in [0.717, 1.165) is 11.4 Å². The van der Waals surface area contributed by atoms with Crippen molar-refractivity contribution in [1.82, 2.24) is 9.97 Å². The average Bonchev–Trinajstić information content (AvgIpc) is 2.68. The Morgan fingerprint density at radius 3 is 2.72 bits per heavy atom. The molecule has 2 amide bonds. The van der Waals surface area contributed by atoms with Gasteiger partial charge in [0.05, 0.1) is 11.4 Å². The molecule has 150 valence electrons. The zero-order chi connectivity index (χ0) is 21.1. The van der Waals surface area contributed by atoms with E-state index < -0.39 is 5.91 Å². The standard InChI is InChI=1S/C21H23N5O2S/c1-12-8-9-23-21(24-12)25-19-13(2)17(5-4-10-29)26(14(3)27)18-7-6-15(20(22)28)11-16(18)19/h5-9,11,13,29H,4,10H2,1-3H3,(H2,22,28)/b17-5+,25-19+/t13-/m0/s1. The fourth-order valence-corrected chi connectivity index (χ4v) is 3.51. The lowest BCUT2D eigenvalue weighted by Crippen LogP contribution is -2.39. The van der Waals surface area contributed by atoms with Gasteiger partial charge >= 0.3 is 0 Å². The number of nitrogens with two attached hydrogens (primary N) is 1. The number of fused-ring (bicyclic) bond motifs is 1. The highest BCUT2D eigenvalue weighted by atomic mass is 32.1. The normalized spacial score (nSPS) is 18.8. The molecule has 2 aromatic rings. The molecule has 7 nitrogen and oxygen atoms in total. The van der Waals surface area contributed by atoms with Crippen LogP contribution in [-0.2, 0) is 4.79 Å². The van der Waals surface area contributed by atoms with Gasteiger partial charge in [-0.25, -0.2) is 15.0 Å². The van der Waals surface area contributed by atoms with Gasteiger partial charge < -0.3 is 5.73 Å². The Kier molecular flexibility index (Phi) is 6.12. The van der Waals surface area contributed by atoms with E-state index in [-0.39, 0.29) is 11.8 Å². The highest BCUT2D eigenvalue weighted by Crippen LogP contribution is 2.38. The maximum atomic E-state index is 12.5. The third kappa shape index (κ3) is 4.22. The molecule has 1 aliphatic rings. The summed E-state index contributed by atoms with van der Waals surface area (Å²) in [6, 6.07) is 6.81. The Hall–Kier alpha value is -3.00. The fraction of sp³-hybridized carbons (Fsp3) is 0.286. The van der Waals surface area contributed by atoms with Crippen LogP contribution < -0.4 is 10.6 Å². The van der Waals surface area contributed by atoms with Crippen molar-refractivity contribution in [2.45, 2.75) is 27.2 Å². The minimum atomic E-state index is -0.544. The minimum absolute atomic E-state index is 0.124. The highest BCUT2D eigenvalue weighted by Gasteiger charge is 2.34. The van der Waals surface area contributed by atoms with Crippen LogP contribution >= 0.6 is 12.6 Å². The van der Waals surface area contributed by atoms with Crippen molar-refractivity contribution in [2.75, 3.05) is 10.7 Å². The molecule has 1 aromatic heterocycles. The van der Waals surface area contributed by atoms with Crippen molar-refractivity contribution >= 4 is 41.8 Å². The van der Waals surface area contributed by atoms with Gasteiger partial charge in [0.15, 0.2) is 0 Å². The molecule has 1 aliphatic heterocycles. The van der Waals surface area contributed by atoms with Crippen molar-refractivity contribution in [1.29, 1.82) is 0 Å². The van der Waals surface area contributed by atoms with Gasteiger partial charge in [0.1, 0.15) is 0 Å². The monoisotopic (exact) mass is 409 g/mol. The number of primary amides is 1. The van der Waals surface area contributed by atoms with E-state index in [4.69, 9.17) is 10.7 Å². The van der Waals surface area contributed by atoms with Crippen molar-refractivity contribution in [2.24, 2.45) is 16.6 Å². The average molecular weight is 410 g/mol. The number of thiol groups is 1. The number of benzene rings is 1. The van der Waals surface area contributed by atoms with Crippen LogP contribution in [0.15, 0.2) is 47.2 Å². The van der Waals surface area contributed by atoms with Gasteiger partial charge in [0, 0.05) is 41.6 Å². The van der Waals surface area contributed by atoms with Crippen LogP contribution in [0, 0.1) is 12.8 Å². The lowest BCUT2D eigenvalue weighted by atomic mass is 9.86. The molecule has 0 saturated heterocycles. The number of amides is 2. The first-order chi connectivity index (χ1) is 13.8. The van der Waals surface area contributed by atoms with Gasteiger partial charge in [0.2, 0.25) is 17.8 Å². The summed E-state index contributed by atoms with van der Waals surface area (Å²) in [5, 5.41) is 0. The number of aromatic nitrogens is 2. The molecule has 29 heavy (non-hydrogen) atoms. The van der Waals surface area contributed by atoms with Gasteiger partial charge in [0.25, 0.3) is 0 Å². The first-order valence-electron chi connectivity index (χ1n) is 9.27. The lowest BCUT2D eigenvalue weighted by molar-refractivity contribution is -0.116. The van der Waals surface area contributed by atoms with Crippen molar-refractivity contribution in [3.05, 3.63) is 59.1 Å². The molecule has 2 heterocycles. The molecule has 0 aliphatic carbocycles. The molecule has 0 spiro atoms. The Morgan fingerprint density at radius 1 is 1.34 bits per heavy atom. The molecule has 1 atom stereocenters. The second-order valence-corrected chi connectivity index (χ2v) is 7.26. The number of nitrogens with zero attached hydrogens (tertiary/aromatic N) is 4. The second-order valence-electron chi connectivity index (χ2n) is 6.81. The van der Waals surface area contributed by atoms with Crippen LogP contribution in [0.3, 0.4) is 0 Å². The molecular weight excluding hydrogens is 386 g/mol. The third-order valence-corrected chi connectivity index (χ3v) is 4.97. The predicted octanol–water partition coefficient (Wildman–Crippen LogP) is 3.21. The van der Waals surface area contributed by atoms with E-state index in [0.29, 0.717) is 40.6 Å². The summed E-state index contributed by atoms with van der Waals surface area (Å²) >= 11 is 4.29. The summed E-state index contributed by atoms with van der Waals surface area (Å²) in [5.41, 5.74) is 9.44. The van der Waals surface area contributed by atoms with Crippen molar-refractivity contribution in [3.63, 3.8) is 0 Å². The summed E-state index contributed by atoms with van der Waals surface area (Å²) < 4.78 is 0. The lowest BCUT2D eigenvalue weighted by Gasteiger charge is -2.36. The number of hydrogen-bond donors (Lipinski definition) is 2. The van der Waals surface area contributed by atoms with Crippen LogP contribution in [0.1, 0.15) is 41.9 Å². The van der Waals surface area contributed by atoms with E-state index in [1.54, 1.807) is 35.4 Å². The third-order valence-electron chi connectivity index (χ3n) is 4.71. The smallest absolute Gasteiger partial charge is 0.249 e. The molecule has 0 fully saturated rings. The molecular formula is C21H23N5O2S. The quantitative estimate of drug-likeness (QED) is 0.757. The number of aliphatic imine (C=N–C) groups is 1. The highest BCUT2D eigenvalue weighted by molar-refractivity contribution is 7.80. The molecule has 3 rings (SSSR count). The van der Waals surface area contributed by atoms with E-state index in [2.05, 4.69) is 22.6 Å². The zero-order valence-electron chi connectivity index (χ0n) is 16.6. The van der Waals surface area contributed by atoms with E-state index in [9.17, 15) is 9.59 Å². The number of aryl methyl sites for hydroxylation is 1. The van der Waals surface area contributed by atoms with Crippen LogP contribution in [-0.4, -0.2) is 33.2 Å². The number of anilines is 1. The Morgan fingerprint density at radius 2 is 2.10 bits per heavy atom. The first kappa shape index (κ1) is 20.7. The molecule has 0 saturated carbocycles. The van der Waals surface area contributed by atoms with E-state index in [1.807, 2.05) is 19.9 Å². The van der Waals surface area contributed by atoms with Gasteiger partial charge in [-0.05, 0) is 43.4 Å². The van der Waals surface area contributed by atoms with Gasteiger partial charge in [-0.15, -0.1) is 0 Å². The number of carbonyl (C=O) groups excluding carboxylic acids is 2. The Balaban J connectivity index is 2.29. The summed E-state index contributed by atoms with van der Waals surface area (Å²) in [6.07, 6.45) is 4.35. The van der Waals surface area contributed by atoms with Crippen molar-refractivity contribution in [3.8, 4) is 0 Å². The number of rotatable bonds is 4. The summed E-state index contributed by atoms with van der Waals surface area (Å²) in [7, 11) is 0. The summed E-state index contributed by atoms with van der Waals surface area (Å²) in [5.74, 6) is 0.0901. The molecule has 0 unspecified atom stereocenters. The first-order valence-corrected chi connectivity index (χ1v) is 9.90. The maximum absolute atomic E-state index is 12.5. The van der Waals surface area contributed by atoms with Crippen LogP contribution in [0.5, 0.6) is 0 Å². The summed E-state index contributed by atoms with van der Waals surface area (Å²) in [4.78, 5) is 39.2. The van der Waals surface area contributed by atoms with Gasteiger partial charge in [-0.2, -0.15) is 12.6 Å². The second kappa shape index (κ2) is 8.57. The molecule has 0 bridgehead atoms. The maximum Gasteiger partial charge on any atom is 0.249 e. The van der Waals surface area contributed by atoms with E-state index in [1.165, 1.54) is 6.92 Å². The van der Waals surface area contributed by atoms with Crippen LogP contribution in [0.25, 0.3) is 0 Å². The molecule has 1 aromatic carbocycles. The largest absolute Gasteiger partial charge is 0.366 e. The van der Waals surface area contributed by atoms with Gasteiger partial charge in [-0.1, -0.05) is 13.0 Å². The topological polar surface area (TPSA) is 102 Å². The van der Waals surface area contributed by atoms with Crippen molar-refractivity contribution < 1.29 is 9.59 Å². The predicted molar refractivity (Wildman–Crippen MR) is 117 cm³/mol. The van der Waals surface area contributed by atoms with E-state index >= 15 is 0 Å². The van der Waals surface area contributed by atoms with Crippen LogP contribution in [0.2, 0.25) is 0 Å². The Bertz CT molecular complexity index is 1030. The van der Waals surface area contributed by atoms with Crippen LogP contribution in [0.4, 0.5) is 11.6 Å². The Labute approximate surface area is 175 Å². The number of hydrogen-bond acceptors (Lipinski definition) is 6. The molecule has 8 heteroatoms. The molecule has 2 N–H and O–H groups in total. The number of allylic oxidation sites excluding steroid dienone is 2.